The Labute approximate surface area is 137 Å². The van der Waals surface area contributed by atoms with E-state index in [0.717, 1.165) is 14.8 Å². The Kier molecular flexibility index (Phi) is 5.58. The molecule has 0 radical (unpaired) electrons. The number of thiophene rings is 1. The molecule has 0 aliphatic rings. The third-order valence-electron chi connectivity index (χ3n) is 2.83. The quantitative estimate of drug-likeness (QED) is 0.778. The molecule has 2 nitrogen and oxygen atoms in total. The summed E-state index contributed by atoms with van der Waals surface area (Å²) >= 11 is 20.1. The second kappa shape index (κ2) is 7.01. The first-order chi connectivity index (χ1) is 9.56. The maximum absolute atomic E-state index is 6.36. The molecule has 108 valence electrons. The van der Waals surface area contributed by atoms with Gasteiger partial charge in [0.05, 0.1) is 22.0 Å². The molecule has 0 amide bonds. The Morgan fingerprint density at radius 2 is 1.95 bits per heavy atom. The summed E-state index contributed by atoms with van der Waals surface area (Å²) in [7, 11) is 1.87. The highest BCUT2D eigenvalue weighted by molar-refractivity contribution is 7.16. The van der Waals surface area contributed by atoms with Crippen molar-refractivity contribution in [1.29, 1.82) is 0 Å². The number of benzene rings is 1. The Morgan fingerprint density at radius 3 is 2.50 bits per heavy atom. The van der Waals surface area contributed by atoms with Gasteiger partial charge in [-0.05, 0) is 37.7 Å². The molecule has 1 aromatic carbocycles. The van der Waals surface area contributed by atoms with Crippen LogP contribution in [0.15, 0.2) is 24.3 Å². The van der Waals surface area contributed by atoms with Crippen LogP contribution in [0.2, 0.25) is 14.4 Å². The fraction of sp³-hybridized carbons (Fsp3) is 0.286. The van der Waals surface area contributed by atoms with Gasteiger partial charge in [-0.1, -0.05) is 34.8 Å². The second-order valence-electron chi connectivity index (χ2n) is 4.10. The Balaban J connectivity index is 2.42. The summed E-state index contributed by atoms with van der Waals surface area (Å²) in [5.41, 5.74) is 0.904. The van der Waals surface area contributed by atoms with E-state index in [-0.39, 0.29) is 6.04 Å². The Hall–Kier alpha value is -0.450. The van der Waals surface area contributed by atoms with Crippen molar-refractivity contribution in [2.24, 2.45) is 0 Å². The zero-order valence-electron chi connectivity index (χ0n) is 11.0. The summed E-state index contributed by atoms with van der Waals surface area (Å²) in [6.45, 7) is 2.45. The standard InChI is InChI=1S/C14H14Cl3NOS/c1-3-19-11-7-9(15)8(6-10(11)16)14(18-2)12-4-5-13(17)20-12/h4-7,14,18H,3H2,1-2H3. The minimum atomic E-state index is -0.0480. The van der Waals surface area contributed by atoms with Gasteiger partial charge in [-0.15, -0.1) is 11.3 Å². The van der Waals surface area contributed by atoms with Crippen molar-refractivity contribution in [1.82, 2.24) is 5.32 Å². The highest BCUT2D eigenvalue weighted by atomic mass is 35.5. The van der Waals surface area contributed by atoms with Crippen LogP contribution in [0.4, 0.5) is 0 Å². The van der Waals surface area contributed by atoms with Gasteiger partial charge in [0.15, 0.2) is 0 Å². The molecule has 0 saturated heterocycles. The molecule has 1 unspecified atom stereocenters. The van der Waals surface area contributed by atoms with E-state index in [1.807, 2.05) is 32.2 Å². The van der Waals surface area contributed by atoms with Crippen LogP contribution >= 0.6 is 46.1 Å². The van der Waals surface area contributed by atoms with E-state index in [2.05, 4.69) is 5.32 Å². The molecule has 6 heteroatoms. The summed E-state index contributed by atoms with van der Waals surface area (Å²) < 4.78 is 6.18. The lowest BCUT2D eigenvalue weighted by Gasteiger charge is -2.18. The van der Waals surface area contributed by atoms with Gasteiger partial charge in [0.25, 0.3) is 0 Å². The number of hydrogen-bond acceptors (Lipinski definition) is 3. The maximum atomic E-state index is 6.36. The summed E-state index contributed by atoms with van der Waals surface area (Å²) in [4.78, 5) is 1.08. The van der Waals surface area contributed by atoms with Crippen LogP contribution in [-0.2, 0) is 0 Å². The van der Waals surface area contributed by atoms with Crippen LogP contribution in [0.1, 0.15) is 23.4 Å². The number of rotatable bonds is 5. The highest BCUT2D eigenvalue weighted by Gasteiger charge is 2.19. The van der Waals surface area contributed by atoms with Crippen LogP contribution in [0, 0.1) is 0 Å². The third kappa shape index (κ3) is 3.41. The minimum Gasteiger partial charge on any atom is -0.492 e. The molecule has 0 aliphatic carbocycles. The van der Waals surface area contributed by atoms with Crippen molar-refractivity contribution in [3.63, 3.8) is 0 Å². The van der Waals surface area contributed by atoms with Crippen molar-refractivity contribution in [3.8, 4) is 5.75 Å². The summed E-state index contributed by atoms with van der Waals surface area (Å²) in [6, 6.07) is 7.39. The molecule has 1 atom stereocenters. The molecule has 2 rings (SSSR count). The van der Waals surface area contributed by atoms with E-state index in [4.69, 9.17) is 39.5 Å². The fourth-order valence-corrected chi connectivity index (χ4v) is 3.65. The minimum absolute atomic E-state index is 0.0480. The topological polar surface area (TPSA) is 21.3 Å². The molecular weight excluding hydrogens is 337 g/mol. The van der Waals surface area contributed by atoms with Gasteiger partial charge in [0.2, 0.25) is 0 Å². The number of ether oxygens (including phenoxy) is 1. The van der Waals surface area contributed by atoms with Gasteiger partial charge in [-0.3, -0.25) is 0 Å². The molecule has 0 saturated carbocycles. The molecule has 20 heavy (non-hydrogen) atoms. The smallest absolute Gasteiger partial charge is 0.139 e. The van der Waals surface area contributed by atoms with E-state index in [0.29, 0.717) is 22.4 Å². The molecule has 0 fully saturated rings. The van der Waals surface area contributed by atoms with Gasteiger partial charge in [0.1, 0.15) is 5.75 Å². The van der Waals surface area contributed by atoms with Crippen molar-refractivity contribution in [2.75, 3.05) is 13.7 Å². The first-order valence-corrected chi connectivity index (χ1v) is 8.06. The molecule has 0 aliphatic heterocycles. The Morgan fingerprint density at radius 1 is 1.20 bits per heavy atom. The monoisotopic (exact) mass is 349 g/mol. The summed E-state index contributed by atoms with van der Waals surface area (Å²) in [5, 5.41) is 4.40. The van der Waals surface area contributed by atoms with E-state index >= 15 is 0 Å². The van der Waals surface area contributed by atoms with Crippen LogP contribution < -0.4 is 10.1 Å². The predicted molar refractivity (Wildman–Crippen MR) is 87.9 cm³/mol. The van der Waals surface area contributed by atoms with Gasteiger partial charge >= 0.3 is 0 Å². The van der Waals surface area contributed by atoms with Crippen LogP contribution in [-0.4, -0.2) is 13.7 Å². The van der Waals surface area contributed by atoms with Crippen molar-refractivity contribution < 1.29 is 4.74 Å². The average molecular weight is 351 g/mol. The molecule has 1 N–H and O–H groups in total. The van der Waals surface area contributed by atoms with Crippen LogP contribution in [0.25, 0.3) is 0 Å². The van der Waals surface area contributed by atoms with E-state index in [1.165, 1.54) is 11.3 Å². The molecule has 1 aromatic heterocycles. The van der Waals surface area contributed by atoms with E-state index < -0.39 is 0 Å². The van der Waals surface area contributed by atoms with Crippen molar-refractivity contribution in [2.45, 2.75) is 13.0 Å². The normalized spacial score (nSPS) is 12.4. The summed E-state index contributed by atoms with van der Waals surface area (Å²) in [5.74, 6) is 0.599. The van der Waals surface area contributed by atoms with Gasteiger partial charge in [-0.2, -0.15) is 0 Å². The number of halogens is 3. The van der Waals surface area contributed by atoms with Crippen LogP contribution in [0.3, 0.4) is 0 Å². The number of hydrogen-bond donors (Lipinski definition) is 1. The van der Waals surface area contributed by atoms with Gasteiger partial charge in [-0.25, -0.2) is 0 Å². The molecule has 2 aromatic rings. The lowest BCUT2D eigenvalue weighted by Crippen LogP contribution is -2.17. The van der Waals surface area contributed by atoms with Crippen molar-refractivity contribution >= 4 is 46.1 Å². The maximum Gasteiger partial charge on any atom is 0.139 e. The molecule has 1 heterocycles. The average Bonchev–Trinajstić information content (AvgIpc) is 2.83. The molecular formula is C14H14Cl3NOS. The molecule has 0 spiro atoms. The fourth-order valence-electron chi connectivity index (χ4n) is 1.97. The van der Waals surface area contributed by atoms with Gasteiger partial charge in [0, 0.05) is 16.0 Å². The van der Waals surface area contributed by atoms with Crippen molar-refractivity contribution in [3.05, 3.63) is 49.1 Å². The SMILES string of the molecule is CCOc1cc(Cl)c(C(NC)c2ccc(Cl)s2)cc1Cl. The van der Waals surface area contributed by atoms with E-state index in [1.54, 1.807) is 6.07 Å². The predicted octanol–water partition coefficient (Wildman–Crippen LogP) is 5.42. The molecule has 0 bridgehead atoms. The first kappa shape index (κ1) is 15.9. The second-order valence-corrected chi connectivity index (χ2v) is 6.66. The lowest BCUT2D eigenvalue weighted by molar-refractivity contribution is 0.340. The third-order valence-corrected chi connectivity index (χ3v) is 4.75. The lowest BCUT2D eigenvalue weighted by atomic mass is 10.1. The van der Waals surface area contributed by atoms with Crippen LogP contribution in [0.5, 0.6) is 5.75 Å². The zero-order chi connectivity index (χ0) is 14.7. The van der Waals surface area contributed by atoms with E-state index in [9.17, 15) is 0 Å². The summed E-state index contributed by atoms with van der Waals surface area (Å²) in [6.07, 6.45) is 0. The zero-order valence-corrected chi connectivity index (χ0v) is 14.1. The highest BCUT2D eigenvalue weighted by Crippen LogP contribution is 2.38. The Bertz CT molecular complexity index is 600. The number of nitrogens with one attached hydrogen (secondary N) is 1. The first-order valence-electron chi connectivity index (χ1n) is 6.11. The largest absolute Gasteiger partial charge is 0.492 e. The van der Waals surface area contributed by atoms with Gasteiger partial charge < -0.3 is 10.1 Å².